The van der Waals surface area contributed by atoms with Gasteiger partial charge in [-0.25, -0.2) is 0 Å². The Labute approximate surface area is 173 Å². The number of hydrogen-bond donors (Lipinski definition) is 0. The molecule has 0 saturated carbocycles. The van der Waals surface area contributed by atoms with E-state index in [2.05, 4.69) is 90.2 Å². The van der Waals surface area contributed by atoms with E-state index in [1.165, 1.54) is 29.5 Å². The van der Waals surface area contributed by atoms with Crippen LogP contribution in [0.25, 0.3) is 11.1 Å². The Morgan fingerprint density at radius 1 is 0.964 bits per heavy atom. The third kappa shape index (κ3) is 5.63. The van der Waals surface area contributed by atoms with Crippen LogP contribution in [0.1, 0.15) is 53.0 Å². The number of hydrogen-bond acceptors (Lipinski definition) is 2. The minimum atomic E-state index is -1.90. The molecule has 0 aliphatic heterocycles. The third-order valence-corrected chi connectivity index (χ3v) is 10.6. The molecule has 0 saturated heterocycles. The molecule has 0 radical (unpaired) electrons. The van der Waals surface area contributed by atoms with Gasteiger partial charge in [-0.3, -0.25) is 0 Å². The van der Waals surface area contributed by atoms with Crippen LogP contribution in [0.5, 0.6) is 11.5 Å². The fraction of sp³-hybridized carbons (Fsp3) is 0.520. The van der Waals surface area contributed by atoms with Crippen LogP contribution in [0.2, 0.25) is 18.1 Å². The lowest BCUT2D eigenvalue weighted by atomic mass is 9.96. The van der Waals surface area contributed by atoms with E-state index >= 15 is 0 Å². The van der Waals surface area contributed by atoms with Crippen LogP contribution in [-0.2, 0) is 6.42 Å². The second-order valence-electron chi connectivity index (χ2n) is 9.48. The van der Waals surface area contributed by atoms with E-state index in [9.17, 15) is 0 Å². The summed E-state index contributed by atoms with van der Waals surface area (Å²) >= 11 is 0. The fourth-order valence-electron chi connectivity index (χ4n) is 2.88. The quantitative estimate of drug-likeness (QED) is 0.424. The van der Waals surface area contributed by atoms with E-state index in [4.69, 9.17) is 9.16 Å². The van der Waals surface area contributed by atoms with Crippen molar-refractivity contribution in [1.82, 2.24) is 0 Å². The zero-order chi connectivity index (χ0) is 20.9. The molecular weight excluding hydrogens is 360 g/mol. The summed E-state index contributed by atoms with van der Waals surface area (Å²) in [4.78, 5) is 0. The average molecular weight is 399 g/mol. The largest absolute Gasteiger partial charge is 0.541 e. The van der Waals surface area contributed by atoms with Crippen LogP contribution < -0.4 is 9.16 Å². The molecule has 154 valence electrons. The molecule has 1 atom stereocenters. The molecule has 3 heteroatoms. The Morgan fingerprint density at radius 3 is 2.25 bits per heavy atom. The Bertz CT molecular complexity index is 774. The fourth-order valence-corrected chi connectivity index (χ4v) is 3.91. The summed E-state index contributed by atoms with van der Waals surface area (Å²) in [6, 6.07) is 15.2. The predicted molar refractivity (Wildman–Crippen MR) is 124 cm³/mol. The van der Waals surface area contributed by atoms with E-state index in [0.29, 0.717) is 0 Å². The molecule has 0 aromatic heterocycles. The lowest BCUT2D eigenvalue weighted by Gasteiger charge is -2.36. The number of aryl methyl sites for hydroxylation is 1. The molecule has 2 rings (SSSR count). The van der Waals surface area contributed by atoms with Crippen molar-refractivity contribution < 1.29 is 9.16 Å². The summed E-state index contributed by atoms with van der Waals surface area (Å²) < 4.78 is 12.2. The molecule has 2 aromatic rings. The Kier molecular flexibility index (Phi) is 7.38. The van der Waals surface area contributed by atoms with Crippen molar-refractivity contribution in [1.29, 1.82) is 0 Å². The highest BCUT2D eigenvalue weighted by molar-refractivity contribution is 6.74. The first kappa shape index (κ1) is 22.5. The van der Waals surface area contributed by atoms with Gasteiger partial charge in [-0.2, -0.15) is 0 Å². The van der Waals surface area contributed by atoms with Crippen molar-refractivity contribution >= 4 is 8.32 Å². The number of rotatable bonds is 8. The van der Waals surface area contributed by atoms with E-state index in [1.54, 1.807) is 7.11 Å². The summed E-state index contributed by atoms with van der Waals surface area (Å²) in [6.07, 6.45) is 3.61. The predicted octanol–water partition coefficient (Wildman–Crippen LogP) is 7.72. The Morgan fingerprint density at radius 2 is 1.64 bits per heavy atom. The highest BCUT2D eigenvalue weighted by Gasteiger charge is 2.39. The van der Waals surface area contributed by atoms with Gasteiger partial charge in [0.2, 0.25) is 0 Å². The number of ether oxygens (including phenoxy) is 1. The molecule has 0 bridgehead atoms. The van der Waals surface area contributed by atoms with E-state index in [1.807, 2.05) is 0 Å². The van der Waals surface area contributed by atoms with Crippen LogP contribution >= 0.6 is 0 Å². The molecule has 0 N–H and O–H groups in total. The molecule has 2 aromatic carbocycles. The highest BCUT2D eigenvalue weighted by atomic mass is 28.4. The van der Waals surface area contributed by atoms with Gasteiger partial charge in [-0.15, -0.1) is 0 Å². The smallest absolute Gasteiger partial charge is 0.250 e. The lowest BCUT2D eigenvalue weighted by molar-refractivity contribution is 0.386. The molecule has 0 spiro atoms. The van der Waals surface area contributed by atoms with E-state index in [-0.39, 0.29) is 5.04 Å². The first-order valence-corrected chi connectivity index (χ1v) is 13.4. The average Bonchev–Trinajstić information content (AvgIpc) is 2.65. The van der Waals surface area contributed by atoms with Crippen molar-refractivity contribution in [3.63, 3.8) is 0 Å². The van der Waals surface area contributed by atoms with Crippen molar-refractivity contribution in [2.45, 2.75) is 72.0 Å². The normalized spacial score (nSPS) is 13.3. The maximum atomic E-state index is 6.49. The number of methoxy groups -OCH3 is 1. The summed E-state index contributed by atoms with van der Waals surface area (Å²) in [5.41, 5.74) is 3.81. The molecular formula is C25H38O2Si. The van der Waals surface area contributed by atoms with Gasteiger partial charge in [0.25, 0.3) is 8.32 Å². The van der Waals surface area contributed by atoms with Gasteiger partial charge in [0.05, 0.1) is 7.11 Å². The summed E-state index contributed by atoms with van der Waals surface area (Å²) in [7, 11) is -0.182. The van der Waals surface area contributed by atoms with Crippen LogP contribution in [0.4, 0.5) is 0 Å². The maximum absolute atomic E-state index is 6.49. The maximum Gasteiger partial charge on any atom is 0.250 e. The molecule has 0 aliphatic carbocycles. The zero-order valence-electron chi connectivity index (χ0n) is 19.1. The third-order valence-electron chi connectivity index (χ3n) is 6.22. The van der Waals surface area contributed by atoms with Gasteiger partial charge >= 0.3 is 0 Å². The minimum Gasteiger partial charge on any atom is -0.541 e. The van der Waals surface area contributed by atoms with Gasteiger partial charge in [-0.05, 0) is 65.7 Å². The summed E-state index contributed by atoms with van der Waals surface area (Å²) in [5.74, 6) is 2.44. The van der Waals surface area contributed by atoms with E-state index in [0.717, 1.165) is 23.8 Å². The molecule has 0 heterocycles. The van der Waals surface area contributed by atoms with Crippen molar-refractivity contribution in [2.75, 3.05) is 7.11 Å². The SMILES string of the molecule is CCC(C)CCc1cccc(-c2ccc(O[Si](C)(C)C(C)(C)C)c(OC)c2)c1. The first-order chi connectivity index (χ1) is 13.1. The van der Waals surface area contributed by atoms with Crippen molar-refractivity contribution in [3.8, 4) is 22.6 Å². The first-order valence-electron chi connectivity index (χ1n) is 10.5. The molecule has 0 amide bonds. The number of benzene rings is 2. The van der Waals surface area contributed by atoms with Gasteiger partial charge in [0, 0.05) is 0 Å². The van der Waals surface area contributed by atoms with Crippen LogP contribution in [0, 0.1) is 5.92 Å². The molecule has 0 fully saturated rings. The van der Waals surface area contributed by atoms with Crippen molar-refractivity contribution in [3.05, 3.63) is 48.0 Å². The van der Waals surface area contributed by atoms with Gasteiger partial charge < -0.3 is 9.16 Å². The second-order valence-corrected chi connectivity index (χ2v) is 14.2. The monoisotopic (exact) mass is 398 g/mol. The van der Waals surface area contributed by atoms with Crippen LogP contribution in [0.15, 0.2) is 42.5 Å². The highest BCUT2D eigenvalue weighted by Crippen LogP contribution is 2.41. The molecule has 1 unspecified atom stereocenters. The van der Waals surface area contributed by atoms with Gasteiger partial charge in [-0.1, -0.05) is 71.4 Å². The second kappa shape index (κ2) is 9.17. The lowest BCUT2D eigenvalue weighted by Crippen LogP contribution is -2.43. The summed E-state index contributed by atoms with van der Waals surface area (Å²) in [5, 5.41) is 0.153. The molecule has 0 aliphatic rings. The topological polar surface area (TPSA) is 18.5 Å². The van der Waals surface area contributed by atoms with Gasteiger partial charge in [0.15, 0.2) is 5.75 Å². The van der Waals surface area contributed by atoms with Gasteiger partial charge in [0.1, 0.15) is 5.75 Å². The van der Waals surface area contributed by atoms with E-state index < -0.39 is 8.32 Å². The summed E-state index contributed by atoms with van der Waals surface area (Å²) in [6.45, 7) is 15.9. The Hall–Kier alpha value is -1.74. The zero-order valence-corrected chi connectivity index (χ0v) is 20.1. The van der Waals surface area contributed by atoms with Crippen LogP contribution in [0.3, 0.4) is 0 Å². The molecule has 2 nitrogen and oxygen atoms in total. The minimum absolute atomic E-state index is 0.153. The molecule has 28 heavy (non-hydrogen) atoms. The van der Waals surface area contributed by atoms with Crippen molar-refractivity contribution in [2.24, 2.45) is 5.92 Å². The van der Waals surface area contributed by atoms with Crippen LogP contribution in [-0.4, -0.2) is 15.4 Å². The Balaban J connectivity index is 2.26. The standard InChI is InChI=1S/C25H38O2Si/c1-9-19(2)13-14-20-11-10-12-21(17-20)22-15-16-23(24(18-22)26-6)27-28(7,8)25(3,4)5/h10-12,15-19H,9,13-14H2,1-8H3.